The van der Waals surface area contributed by atoms with Crippen LogP contribution in [-0.2, 0) is 9.59 Å². The van der Waals surface area contributed by atoms with E-state index in [-0.39, 0.29) is 24.4 Å². The first-order valence-electron chi connectivity index (χ1n) is 6.39. The highest BCUT2D eigenvalue weighted by molar-refractivity contribution is 5.79. The van der Waals surface area contributed by atoms with Crippen molar-refractivity contribution < 1.29 is 14.7 Å². The van der Waals surface area contributed by atoms with E-state index in [0.29, 0.717) is 6.54 Å². The molecule has 1 amide bonds. The van der Waals surface area contributed by atoms with Crippen LogP contribution in [0.1, 0.15) is 32.1 Å². The van der Waals surface area contributed by atoms with Crippen LogP contribution >= 0.6 is 0 Å². The zero-order valence-electron chi connectivity index (χ0n) is 10.0. The van der Waals surface area contributed by atoms with E-state index in [1.54, 1.807) is 0 Å². The van der Waals surface area contributed by atoms with E-state index in [1.807, 2.05) is 4.90 Å². The summed E-state index contributed by atoms with van der Waals surface area (Å²) in [6, 6.07) is 0.135. The SMILES string of the molecule is O=C(O)CN1CCCC(NC(=O)C2CCC2)C1. The van der Waals surface area contributed by atoms with Gasteiger partial charge in [-0.05, 0) is 32.2 Å². The Balaban J connectivity index is 1.76. The molecule has 2 aliphatic rings. The van der Waals surface area contributed by atoms with Gasteiger partial charge in [0.2, 0.25) is 5.91 Å². The number of piperidine rings is 1. The fourth-order valence-corrected chi connectivity index (χ4v) is 2.50. The molecule has 0 spiro atoms. The Bertz CT molecular complexity index is 302. The largest absolute Gasteiger partial charge is 0.480 e. The molecule has 0 aromatic rings. The summed E-state index contributed by atoms with van der Waals surface area (Å²) in [7, 11) is 0. The summed E-state index contributed by atoms with van der Waals surface area (Å²) in [5.74, 6) is -0.417. The van der Waals surface area contributed by atoms with Crippen LogP contribution in [0.3, 0.4) is 0 Å². The number of aliphatic carboxylic acids is 1. The second-order valence-electron chi connectivity index (χ2n) is 5.10. The highest BCUT2D eigenvalue weighted by atomic mass is 16.4. The summed E-state index contributed by atoms with van der Waals surface area (Å²) in [5, 5.41) is 11.8. The number of likely N-dealkylation sites (tertiary alicyclic amines) is 1. The zero-order valence-corrected chi connectivity index (χ0v) is 10.0. The van der Waals surface area contributed by atoms with Crippen molar-refractivity contribution in [2.75, 3.05) is 19.6 Å². The third kappa shape index (κ3) is 3.43. The number of rotatable bonds is 4. The molecule has 1 saturated carbocycles. The van der Waals surface area contributed by atoms with Crippen molar-refractivity contribution in [1.82, 2.24) is 10.2 Å². The summed E-state index contributed by atoms with van der Waals surface area (Å²) >= 11 is 0. The summed E-state index contributed by atoms with van der Waals surface area (Å²) in [4.78, 5) is 24.3. The van der Waals surface area contributed by atoms with E-state index < -0.39 is 5.97 Å². The monoisotopic (exact) mass is 240 g/mol. The van der Waals surface area contributed by atoms with E-state index in [4.69, 9.17) is 5.11 Å². The van der Waals surface area contributed by atoms with E-state index in [9.17, 15) is 9.59 Å². The average Bonchev–Trinajstić information content (AvgIpc) is 2.13. The van der Waals surface area contributed by atoms with E-state index in [2.05, 4.69) is 5.32 Å². The highest BCUT2D eigenvalue weighted by Gasteiger charge is 2.28. The smallest absolute Gasteiger partial charge is 0.317 e. The molecule has 17 heavy (non-hydrogen) atoms. The van der Waals surface area contributed by atoms with Crippen LogP contribution in [0.2, 0.25) is 0 Å². The van der Waals surface area contributed by atoms with Crippen LogP contribution in [0.5, 0.6) is 0 Å². The van der Waals surface area contributed by atoms with Crippen molar-refractivity contribution in [3.63, 3.8) is 0 Å². The van der Waals surface area contributed by atoms with Gasteiger partial charge in [-0.2, -0.15) is 0 Å². The number of nitrogens with one attached hydrogen (secondary N) is 1. The van der Waals surface area contributed by atoms with Crippen molar-refractivity contribution in [3.8, 4) is 0 Å². The van der Waals surface area contributed by atoms with Gasteiger partial charge in [0.25, 0.3) is 0 Å². The van der Waals surface area contributed by atoms with Crippen LogP contribution in [0.4, 0.5) is 0 Å². The van der Waals surface area contributed by atoms with Gasteiger partial charge in [0, 0.05) is 18.5 Å². The van der Waals surface area contributed by atoms with E-state index >= 15 is 0 Å². The lowest BCUT2D eigenvalue weighted by atomic mass is 9.84. The Morgan fingerprint density at radius 2 is 2.00 bits per heavy atom. The Hall–Kier alpha value is -1.10. The number of hydrogen-bond donors (Lipinski definition) is 2. The van der Waals surface area contributed by atoms with E-state index in [0.717, 1.165) is 38.6 Å². The van der Waals surface area contributed by atoms with Crippen molar-refractivity contribution in [3.05, 3.63) is 0 Å². The predicted molar refractivity (Wildman–Crippen MR) is 62.6 cm³/mol. The summed E-state index contributed by atoms with van der Waals surface area (Å²) in [6.45, 7) is 1.57. The van der Waals surface area contributed by atoms with Gasteiger partial charge in [-0.25, -0.2) is 0 Å². The van der Waals surface area contributed by atoms with E-state index in [1.165, 1.54) is 0 Å². The molecule has 1 saturated heterocycles. The molecule has 5 nitrogen and oxygen atoms in total. The molecule has 0 radical (unpaired) electrons. The van der Waals surface area contributed by atoms with Crippen LogP contribution in [0.25, 0.3) is 0 Å². The van der Waals surface area contributed by atoms with Crippen LogP contribution in [0.15, 0.2) is 0 Å². The minimum Gasteiger partial charge on any atom is -0.480 e. The molecule has 2 fully saturated rings. The molecular weight excluding hydrogens is 220 g/mol. The number of carboxylic acids is 1. The Labute approximate surface area is 101 Å². The molecule has 1 unspecified atom stereocenters. The van der Waals surface area contributed by atoms with Gasteiger partial charge in [0.05, 0.1) is 6.54 Å². The van der Waals surface area contributed by atoms with Crippen molar-refractivity contribution in [2.24, 2.45) is 5.92 Å². The van der Waals surface area contributed by atoms with Gasteiger partial charge in [-0.3, -0.25) is 14.5 Å². The Morgan fingerprint density at radius 1 is 1.24 bits per heavy atom. The quantitative estimate of drug-likeness (QED) is 0.748. The second kappa shape index (κ2) is 5.49. The molecule has 96 valence electrons. The standard InChI is InChI=1S/C12H20N2O3/c15-11(16)8-14-6-2-5-10(7-14)13-12(17)9-3-1-4-9/h9-10H,1-8H2,(H,13,17)(H,15,16). The Kier molecular flexibility index (Phi) is 3.99. The topological polar surface area (TPSA) is 69.6 Å². The number of hydrogen-bond acceptors (Lipinski definition) is 3. The molecule has 1 heterocycles. The minimum absolute atomic E-state index is 0.0792. The average molecular weight is 240 g/mol. The number of nitrogens with zero attached hydrogens (tertiary/aromatic N) is 1. The number of amides is 1. The molecule has 1 aliphatic heterocycles. The molecular formula is C12H20N2O3. The predicted octanol–water partition coefficient (Wildman–Crippen LogP) is 0.452. The third-order valence-electron chi connectivity index (χ3n) is 3.69. The van der Waals surface area contributed by atoms with Crippen molar-refractivity contribution in [2.45, 2.75) is 38.1 Å². The summed E-state index contributed by atoms with van der Waals surface area (Å²) in [6.07, 6.45) is 5.11. The molecule has 2 rings (SSSR count). The molecule has 2 N–H and O–H groups in total. The zero-order chi connectivity index (χ0) is 12.3. The Morgan fingerprint density at radius 3 is 2.59 bits per heavy atom. The maximum absolute atomic E-state index is 11.8. The van der Waals surface area contributed by atoms with Gasteiger partial charge >= 0.3 is 5.97 Å². The second-order valence-corrected chi connectivity index (χ2v) is 5.10. The molecule has 1 atom stereocenters. The first-order valence-corrected chi connectivity index (χ1v) is 6.39. The summed E-state index contributed by atoms with van der Waals surface area (Å²) in [5.41, 5.74) is 0. The van der Waals surface area contributed by atoms with Crippen molar-refractivity contribution in [1.29, 1.82) is 0 Å². The summed E-state index contributed by atoms with van der Waals surface area (Å²) < 4.78 is 0. The van der Waals surface area contributed by atoms with Crippen molar-refractivity contribution >= 4 is 11.9 Å². The first-order chi connectivity index (χ1) is 8.15. The third-order valence-corrected chi connectivity index (χ3v) is 3.69. The maximum Gasteiger partial charge on any atom is 0.317 e. The van der Waals surface area contributed by atoms with Crippen LogP contribution in [0, 0.1) is 5.92 Å². The van der Waals surface area contributed by atoms with Crippen LogP contribution < -0.4 is 5.32 Å². The first kappa shape index (κ1) is 12.4. The fourth-order valence-electron chi connectivity index (χ4n) is 2.50. The number of carbonyl (C=O) groups excluding carboxylic acids is 1. The van der Waals surface area contributed by atoms with Gasteiger partial charge in [0.15, 0.2) is 0 Å². The number of carbonyl (C=O) groups is 2. The lowest BCUT2D eigenvalue weighted by Crippen LogP contribution is -2.50. The highest BCUT2D eigenvalue weighted by Crippen LogP contribution is 2.26. The maximum atomic E-state index is 11.8. The molecule has 5 heteroatoms. The normalized spacial score (nSPS) is 26.2. The molecule has 0 aromatic heterocycles. The molecule has 0 bridgehead atoms. The lowest BCUT2D eigenvalue weighted by Gasteiger charge is -2.34. The van der Waals surface area contributed by atoms with Gasteiger partial charge in [0.1, 0.15) is 0 Å². The van der Waals surface area contributed by atoms with Gasteiger partial charge in [-0.15, -0.1) is 0 Å². The lowest BCUT2D eigenvalue weighted by molar-refractivity contribution is -0.138. The number of carboxylic acid groups (broad SMARTS) is 1. The molecule has 1 aliphatic carbocycles. The van der Waals surface area contributed by atoms with Gasteiger partial charge in [-0.1, -0.05) is 6.42 Å². The fraction of sp³-hybridized carbons (Fsp3) is 0.833. The molecule has 0 aromatic carbocycles. The van der Waals surface area contributed by atoms with Gasteiger partial charge < -0.3 is 10.4 Å². The minimum atomic E-state index is -0.795. The van der Waals surface area contributed by atoms with Crippen LogP contribution in [-0.4, -0.2) is 47.6 Å².